The molecule has 0 amide bonds. The van der Waals surface area contributed by atoms with Gasteiger partial charge >= 0.3 is 0 Å². The third-order valence-corrected chi connectivity index (χ3v) is 8.31. The van der Waals surface area contributed by atoms with Crippen LogP contribution in [0.1, 0.15) is 50.6 Å². The van der Waals surface area contributed by atoms with Crippen molar-refractivity contribution in [2.24, 2.45) is 5.41 Å². The second-order valence-corrected chi connectivity index (χ2v) is 10.5. The van der Waals surface area contributed by atoms with Crippen molar-refractivity contribution in [2.45, 2.75) is 45.1 Å². The normalized spacial score (nSPS) is 20.0. The molecule has 4 nitrogen and oxygen atoms in total. The highest BCUT2D eigenvalue weighted by Gasteiger charge is 2.42. The lowest BCUT2D eigenvalue weighted by atomic mass is 9.93. The predicted molar refractivity (Wildman–Crippen MR) is 137 cm³/mol. The van der Waals surface area contributed by atoms with Crippen LogP contribution in [0.2, 0.25) is 0 Å². The smallest absolute Gasteiger partial charge is 0.0691 e. The summed E-state index contributed by atoms with van der Waals surface area (Å²) in [6, 6.07) is 16.2. The average Bonchev–Trinajstić information content (AvgIpc) is 3.45. The van der Waals surface area contributed by atoms with Crippen LogP contribution in [0.3, 0.4) is 0 Å². The van der Waals surface area contributed by atoms with E-state index in [1.165, 1.54) is 65.4 Å². The number of hydrogen-bond acceptors (Lipinski definition) is 3. The lowest BCUT2D eigenvalue weighted by Crippen LogP contribution is -2.45. The molecule has 2 aromatic carbocycles. The zero-order chi connectivity index (χ0) is 22.6. The minimum Gasteiger partial charge on any atom is -0.371 e. The third kappa shape index (κ3) is 3.66. The topological polar surface area (TPSA) is 24.3 Å². The van der Waals surface area contributed by atoms with E-state index in [4.69, 9.17) is 0 Å². The summed E-state index contributed by atoms with van der Waals surface area (Å²) < 4.78 is 2.23. The van der Waals surface area contributed by atoms with Gasteiger partial charge in [-0.05, 0) is 54.9 Å². The summed E-state index contributed by atoms with van der Waals surface area (Å²) in [6.07, 6.45) is 8.41. The SMILES string of the molecule is C=C(c1ccc(-c2ccc3cnn(C4CCC4)c3c2)cc1)N1CCN(C(=C)C2(C)CC2)CC1. The van der Waals surface area contributed by atoms with E-state index in [0.29, 0.717) is 11.5 Å². The van der Waals surface area contributed by atoms with E-state index in [-0.39, 0.29) is 0 Å². The zero-order valence-corrected chi connectivity index (χ0v) is 19.8. The molecule has 4 heteroatoms. The van der Waals surface area contributed by atoms with Gasteiger partial charge < -0.3 is 9.80 Å². The lowest BCUT2D eigenvalue weighted by molar-refractivity contribution is 0.196. The van der Waals surface area contributed by atoms with Crippen LogP contribution in [0.15, 0.2) is 67.5 Å². The Labute approximate surface area is 197 Å². The molecule has 0 N–H and O–H groups in total. The first-order valence-corrected chi connectivity index (χ1v) is 12.5. The fraction of sp³-hybridized carbons (Fsp3) is 0.414. The van der Waals surface area contributed by atoms with Gasteiger partial charge in [0.15, 0.2) is 0 Å². The minimum atomic E-state index is 0.369. The van der Waals surface area contributed by atoms with Gasteiger partial charge in [-0.25, -0.2) is 0 Å². The summed E-state index contributed by atoms with van der Waals surface area (Å²) >= 11 is 0. The monoisotopic (exact) mass is 438 g/mol. The van der Waals surface area contributed by atoms with E-state index < -0.39 is 0 Å². The van der Waals surface area contributed by atoms with Crippen molar-refractivity contribution in [3.63, 3.8) is 0 Å². The summed E-state index contributed by atoms with van der Waals surface area (Å²) in [5.74, 6) is 0. The molecule has 2 aliphatic carbocycles. The predicted octanol–water partition coefficient (Wildman–Crippen LogP) is 6.33. The number of benzene rings is 2. The van der Waals surface area contributed by atoms with E-state index in [0.717, 1.165) is 31.9 Å². The molecule has 2 heterocycles. The Morgan fingerprint density at radius 1 is 0.909 bits per heavy atom. The Morgan fingerprint density at radius 2 is 1.58 bits per heavy atom. The molecule has 1 saturated heterocycles. The summed E-state index contributed by atoms with van der Waals surface area (Å²) in [5.41, 5.74) is 7.80. The second-order valence-electron chi connectivity index (χ2n) is 10.5. The van der Waals surface area contributed by atoms with Gasteiger partial charge in [0.05, 0.1) is 17.8 Å². The Kier molecular flexibility index (Phi) is 4.86. The maximum Gasteiger partial charge on any atom is 0.0691 e. The fourth-order valence-corrected chi connectivity index (χ4v) is 5.28. The van der Waals surface area contributed by atoms with E-state index in [1.807, 2.05) is 6.20 Å². The van der Waals surface area contributed by atoms with Gasteiger partial charge in [0.25, 0.3) is 0 Å². The number of fused-ring (bicyclic) bond motifs is 1. The van der Waals surface area contributed by atoms with Gasteiger partial charge in [0.2, 0.25) is 0 Å². The molecule has 0 atom stereocenters. The van der Waals surface area contributed by atoms with Crippen molar-refractivity contribution in [3.8, 4) is 11.1 Å². The third-order valence-electron chi connectivity index (χ3n) is 8.31. The van der Waals surface area contributed by atoms with Crippen molar-refractivity contribution in [1.82, 2.24) is 19.6 Å². The van der Waals surface area contributed by atoms with Crippen LogP contribution < -0.4 is 0 Å². The average molecular weight is 439 g/mol. The molecule has 3 fully saturated rings. The molecule has 170 valence electrons. The molecule has 0 radical (unpaired) electrons. The second kappa shape index (κ2) is 7.79. The summed E-state index contributed by atoms with van der Waals surface area (Å²) in [5, 5.41) is 5.89. The van der Waals surface area contributed by atoms with Crippen LogP contribution in [-0.4, -0.2) is 45.8 Å². The number of rotatable bonds is 6. The van der Waals surface area contributed by atoms with E-state index in [9.17, 15) is 0 Å². The summed E-state index contributed by atoms with van der Waals surface area (Å²) in [7, 11) is 0. The van der Waals surface area contributed by atoms with Gasteiger partial charge in [-0.15, -0.1) is 0 Å². The molecule has 2 saturated carbocycles. The Hall–Kier alpha value is -3.01. The summed E-state index contributed by atoms with van der Waals surface area (Å²) in [6.45, 7) is 15.3. The molecule has 0 spiro atoms. The van der Waals surface area contributed by atoms with Crippen LogP contribution in [0.25, 0.3) is 27.7 Å². The van der Waals surface area contributed by atoms with Crippen LogP contribution in [0, 0.1) is 5.41 Å². The highest BCUT2D eigenvalue weighted by molar-refractivity contribution is 5.84. The van der Waals surface area contributed by atoms with E-state index in [2.05, 4.69) is 82.1 Å². The van der Waals surface area contributed by atoms with E-state index in [1.54, 1.807) is 0 Å². The number of nitrogens with zero attached hydrogens (tertiary/aromatic N) is 4. The number of hydrogen-bond donors (Lipinski definition) is 0. The molecule has 0 bridgehead atoms. The Morgan fingerprint density at radius 3 is 2.21 bits per heavy atom. The quantitative estimate of drug-likeness (QED) is 0.449. The largest absolute Gasteiger partial charge is 0.371 e. The maximum atomic E-state index is 4.66. The first kappa shape index (κ1) is 20.6. The minimum absolute atomic E-state index is 0.369. The van der Waals surface area contributed by atoms with E-state index >= 15 is 0 Å². The van der Waals surface area contributed by atoms with Gasteiger partial charge in [-0.2, -0.15) is 5.10 Å². The van der Waals surface area contributed by atoms with Crippen molar-refractivity contribution in [2.75, 3.05) is 26.2 Å². The van der Waals surface area contributed by atoms with Gasteiger partial charge in [0, 0.05) is 48.4 Å². The Balaban J connectivity index is 1.15. The number of allylic oxidation sites excluding steroid dienone is 1. The molecule has 3 aliphatic rings. The Bertz CT molecular complexity index is 1200. The van der Waals surface area contributed by atoms with Crippen LogP contribution in [0.5, 0.6) is 0 Å². The molecule has 1 aliphatic heterocycles. The molecular weight excluding hydrogens is 404 g/mol. The van der Waals surface area contributed by atoms with Crippen molar-refractivity contribution >= 4 is 16.6 Å². The standard InChI is InChI=1S/C29H34N4/c1-21(31-15-17-32(18-16-31)22(2)29(3)13-14-29)23-7-9-24(10-8-23)25-11-12-26-20-30-33(28(26)19-25)27-5-4-6-27/h7-12,19-20,27H,1-2,4-6,13-18H2,3H3. The molecule has 0 unspecified atom stereocenters. The van der Waals surface area contributed by atoms with Crippen molar-refractivity contribution in [1.29, 1.82) is 0 Å². The molecule has 3 aromatic rings. The van der Waals surface area contributed by atoms with Gasteiger partial charge in [-0.3, -0.25) is 4.68 Å². The van der Waals surface area contributed by atoms with Crippen LogP contribution >= 0.6 is 0 Å². The van der Waals surface area contributed by atoms with Crippen LogP contribution in [0.4, 0.5) is 0 Å². The lowest BCUT2D eigenvalue weighted by Gasteiger charge is -2.40. The van der Waals surface area contributed by atoms with Gasteiger partial charge in [-0.1, -0.05) is 56.5 Å². The number of aromatic nitrogens is 2. The first-order chi connectivity index (χ1) is 16.0. The molecule has 33 heavy (non-hydrogen) atoms. The molecular formula is C29H34N4. The molecule has 1 aromatic heterocycles. The highest BCUT2D eigenvalue weighted by Crippen LogP contribution is 2.51. The maximum absolute atomic E-state index is 4.66. The number of piperazine rings is 1. The fourth-order valence-electron chi connectivity index (χ4n) is 5.28. The first-order valence-electron chi connectivity index (χ1n) is 12.5. The summed E-state index contributed by atoms with van der Waals surface area (Å²) in [4.78, 5) is 4.92. The van der Waals surface area contributed by atoms with Crippen molar-refractivity contribution in [3.05, 3.63) is 73.1 Å². The molecule has 6 rings (SSSR count). The van der Waals surface area contributed by atoms with Gasteiger partial charge in [0.1, 0.15) is 0 Å². The van der Waals surface area contributed by atoms with Crippen LogP contribution in [-0.2, 0) is 0 Å². The zero-order valence-electron chi connectivity index (χ0n) is 19.8. The van der Waals surface area contributed by atoms with Crippen molar-refractivity contribution < 1.29 is 0 Å². The highest BCUT2D eigenvalue weighted by atomic mass is 15.3.